The Kier molecular flexibility index (Phi) is 4.70. The lowest BCUT2D eigenvalue weighted by molar-refractivity contribution is 0.0646. The molecule has 1 aliphatic heterocycles. The molecule has 1 aliphatic rings. The molecule has 0 amide bonds. The van der Waals surface area contributed by atoms with Crippen molar-refractivity contribution in [1.82, 2.24) is 4.90 Å². The van der Waals surface area contributed by atoms with Gasteiger partial charge in [0.05, 0.1) is 6.10 Å². The maximum absolute atomic E-state index is 9.29. The highest BCUT2D eigenvalue weighted by Crippen LogP contribution is 2.19. The molecule has 1 saturated heterocycles. The van der Waals surface area contributed by atoms with Crippen molar-refractivity contribution in [2.75, 3.05) is 19.7 Å². The number of aliphatic hydroxyl groups excluding tert-OH is 2. The Morgan fingerprint density at radius 1 is 1.46 bits per heavy atom. The summed E-state index contributed by atoms with van der Waals surface area (Å²) < 4.78 is 0. The van der Waals surface area contributed by atoms with Crippen molar-refractivity contribution in [1.29, 1.82) is 0 Å². The highest BCUT2D eigenvalue weighted by Gasteiger charge is 2.22. The second-order valence-corrected chi connectivity index (χ2v) is 4.01. The summed E-state index contributed by atoms with van der Waals surface area (Å²) in [5.74, 6) is 0. The maximum Gasteiger partial charge on any atom is 0.0639 e. The van der Waals surface area contributed by atoms with Crippen LogP contribution in [0.25, 0.3) is 0 Å². The predicted octanol–water partition coefficient (Wildman–Crippen LogP) is 0.604. The molecule has 0 aromatic rings. The molecule has 0 bridgehead atoms. The zero-order valence-corrected chi connectivity index (χ0v) is 8.45. The normalized spacial score (nSPS) is 27.5. The highest BCUT2D eigenvalue weighted by molar-refractivity contribution is 4.77. The van der Waals surface area contributed by atoms with Crippen LogP contribution in [0.1, 0.15) is 32.6 Å². The molecule has 3 heteroatoms. The summed E-state index contributed by atoms with van der Waals surface area (Å²) in [4.78, 5) is 2.31. The number of aliphatic hydroxyl groups is 2. The first-order valence-corrected chi connectivity index (χ1v) is 5.27. The zero-order chi connectivity index (χ0) is 9.68. The summed E-state index contributed by atoms with van der Waals surface area (Å²) in [6, 6.07) is 0.494. The Bertz CT molecular complexity index is 137. The fourth-order valence-electron chi connectivity index (χ4n) is 2.12. The molecule has 1 heterocycles. The SMILES string of the molecule is CC(O)CN1CCCCC1CCO. The number of β-amino-alcohol motifs (C(OH)–C–C–N with tert-alkyl or cyclic N) is 1. The average molecular weight is 187 g/mol. The van der Waals surface area contributed by atoms with Gasteiger partial charge in [0.25, 0.3) is 0 Å². The molecule has 1 rings (SSSR count). The molecular weight excluding hydrogens is 166 g/mol. The Balaban J connectivity index is 2.36. The Labute approximate surface area is 80.4 Å². The van der Waals surface area contributed by atoms with Crippen LogP contribution in [-0.2, 0) is 0 Å². The topological polar surface area (TPSA) is 43.7 Å². The van der Waals surface area contributed by atoms with Gasteiger partial charge in [-0.25, -0.2) is 0 Å². The third kappa shape index (κ3) is 3.63. The van der Waals surface area contributed by atoms with Crippen molar-refractivity contribution >= 4 is 0 Å². The van der Waals surface area contributed by atoms with E-state index >= 15 is 0 Å². The molecular formula is C10H21NO2. The molecule has 2 N–H and O–H groups in total. The van der Waals surface area contributed by atoms with Crippen molar-refractivity contribution in [2.45, 2.75) is 44.8 Å². The number of piperidine rings is 1. The lowest BCUT2D eigenvalue weighted by Gasteiger charge is -2.36. The fourth-order valence-corrected chi connectivity index (χ4v) is 2.12. The molecule has 13 heavy (non-hydrogen) atoms. The monoisotopic (exact) mass is 187 g/mol. The Hall–Kier alpha value is -0.120. The lowest BCUT2D eigenvalue weighted by atomic mass is 9.99. The van der Waals surface area contributed by atoms with Crippen molar-refractivity contribution in [3.05, 3.63) is 0 Å². The van der Waals surface area contributed by atoms with Gasteiger partial charge in [-0.05, 0) is 32.7 Å². The van der Waals surface area contributed by atoms with Gasteiger partial charge in [-0.2, -0.15) is 0 Å². The van der Waals surface area contributed by atoms with Gasteiger partial charge in [0, 0.05) is 19.2 Å². The second-order valence-electron chi connectivity index (χ2n) is 4.01. The maximum atomic E-state index is 9.29. The second kappa shape index (κ2) is 5.58. The summed E-state index contributed by atoms with van der Waals surface area (Å²) in [7, 11) is 0. The van der Waals surface area contributed by atoms with E-state index in [1.807, 2.05) is 6.92 Å². The summed E-state index contributed by atoms with van der Waals surface area (Å²) in [5.41, 5.74) is 0. The molecule has 0 aliphatic carbocycles. The fraction of sp³-hybridized carbons (Fsp3) is 1.00. The van der Waals surface area contributed by atoms with Gasteiger partial charge in [0.2, 0.25) is 0 Å². The summed E-state index contributed by atoms with van der Waals surface area (Å²) >= 11 is 0. The van der Waals surface area contributed by atoms with E-state index in [1.165, 1.54) is 19.3 Å². The van der Waals surface area contributed by atoms with Gasteiger partial charge in [-0.3, -0.25) is 4.90 Å². The van der Waals surface area contributed by atoms with Crippen LogP contribution in [0.4, 0.5) is 0 Å². The summed E-state index contributed by atoms with van der Waals surface area (Å²) in [6.45, 7) is 3.92. The predicted molar refractivity (Wildman–Crippen MR) is 52.6 cm³/mol. The smallest absolute Gasteiger partial charge is 0.0639 e. The van der Waals surface area contributed by atoms with E-state index in [9.17, 15) is 5.11 Å². The van der Waals surface area contributed by atoms with Crippen molar-refractivity contribution in [3.63, 3.8) is 0 Å². The molecule has 1 fully saturated rings. The highest BCUT2D eigenvalue weighted by atomic mass is 16.3. The van der Waals surface area contributed by atoms with Crippen LogP contribution in [0.5, 0.6) is 0 Å². The average Bonchev–Trinajstić information content (AvgIpc) is 2.08. The van der Waals surface area contributed by atoms with Gasteiger partial charge >= 0.3 is 0 Å². The van der Waals surface area contributed by atoms with E-state index in [1.54, 1.807) is 0 Å². The third-order valence-corrected chi connectivity index (χ3v) is 2.71. The van der Waals surface area contributed by atoms with Crippen LogP contribution >= 0.6 is 0 Å². The van der Waals surface area contributed by atoms with Crippen LogP contribution in [0.3, 0.4) is 0 Å². The van der Waals surface area contributed by atoms with Crippen LogP contribution in [-0.4, -0.2) is 47.0 Å². The Morgan fingerprint density at radius 3 is 2.85 bits per heavy atom. The van der Waals surface area contributed by atoms with E-state index in [2.05, 4.69) is 4.90 Å². The van der Waals surface area contributed by atoms with E-state index in [0.29, 0.717) is 6.04 Å². The molecule has 0 spiro atoms. The van der Waals surface area contributed by atoms with E-state index in [4.69, 9.17) is 5.11 Å². The Morgan fingerprint density at radius 2 is 2.23 bits per heavy atom. The van der Waals surface area contributed by atoms with Crippen LogP contribution in [0.15, 0.2) is 0 Å². The first-order valence-electron chi connectivity index (χ1n) is 5.27. The minimum atomic E-state index is -0.251. The van der Waals surface area contributed by atoms with E-state index in [0.717, 1.165) is 19.5 Å². The molecule has 2 unspecified atom stereocenters. The largest absolute Gasteiger partial charge is 0.396 e. The van der Waals surface area contributed by atoms with Gasteiger partial charge < -0.3 is 10.2 Å². The number of rotatable bonds is 4. The van der Waals surface area contributed by atoms with Crippen molar-refractivity contribution in [2.24, 2.45) is 0 Å². The molecule has 0 radical (unpaired) electrons. The molecule has 2 atom stereocenters. The first-order chi connectivity index (χ1) is 6.24. The molecule has 0 aromatic heterocycles. The third-order valence-electron chi connectivity index (χ3n) is 2.71. The number of hydrogen-bond acceptors (Lipinski definition) is 3. The molecule has 78 valence electrons. The zero-order valence-electron chi connectivity index (χ0n) is 8.45. The van der Waals surface area contributed by atoms with Gasteiger partial charge in [-0.1, -0.05) is 6.42 Å². The van der Waals surface area contributed by atoms with E-state index in [-0.39, 0.29) is 12.7 Å². The molecule has 3 nitrogen and oxygen atoms in total. The first kappa shape index (κ1) is 11.0. The van der Waals surface area contributed by atoms with Crippen LogP contribution < -0.4 is 0 Å². The number of hydrogen-bond donors (Lipinski definition) is 2. The van der Waals surface area contributed by atoms with Crippen LogP contribution in [0.2, 0.25) is 0 Å². The minimum Gasteiger partial charge on any atom is -0.396 e. The molecule has 0 saturated carbocycles. The molecule has 0 aromatic carbocycles. The van der Waals surface area contributed by atoms with Gasteiger partial charge in [0.15, 0.2) is 0 Å². The quantitative estimate of drug-likeness (QED) is 0.677. The summed E-state index contributed by atoms with van der Waals surface area (Å²) in [5, 5.41) is 18.2. The van der Waals surface area contributed by atoms with Gasteiger partial charge in [-0.15, -0.1) is 0 Å². The van der Waals surface area contributed by atoms with Crippen LogP contribution in [0, 0.1) is 0 Å². The minimum absolute atomic E-state index is 0.251. The van der Waals surface area contributed by atoms with Gasteiger partial charge in [0.1, 0.15) is 0 Å². The number of likely N-dealkylation sites (tertiary alicyclic amines) is 1. The van der Waals surface area contributed by atoms with Crippen molar-refractivity contribution < 1.29 is 10.2 Å². The standard InChI is InChI=1S/C10H21NO2/c1-9(13)8-11-6-3-2-4-10(11)5-7-12/h9-10,12-13H,2-8H2,1H3. The number of nitrogens with zero attached hydrogens (tertiary/aromatic N) is 1. The van der Waals surface area contributed by atoms with E-state index < -0.39 is 0 Å². The van der Waals surface area contributed by atoms with Crippen molar-refractivity contribution in [3.8, 4) is 0 Å². The summed E-state index contributed by atoms with van der Waals surface area (Å²) in [6.07, 6.45) is 4.27. The lowest BCUT2D eigenvalue weighted by Crippen LogP contribution is -2.43.